The summed E-state index contributed by atoms with van der Waals surface area (Å²) in [7, 11) is 0. The number of hydrogen-bond acceptors (Lipinski definition) is 4. The summed E-state index contributed by atoms with van der Waals surface area (Å²) in [5, 5.41) is 9.04. The molecular weight excluding hydrogens is 296 g/mol. The summed E-state index contributed by atoms with van der Waals surface area (Å²) in [5.74, 6) is 3.16. The van der Waals surface area contributed by atoms with Gasteiger partial charge in [-0.25, -0.2) is 0 Å². The first-order chi connectivity index (χ1) is 10.7. The largest absolute Gasteiger partial charge is 0.456 e. The quantitative estimate of drug-likeness (QED) is 0.743. The molecule has 1 atom stereocenters. The Morgan fingerprint density at radius 1 is 1.59 bits per heavy atom. The molecule has 2 heterocycles. The lowest BCUT2D eigenvalue weighted by molar-refractivity contribution is 0.0665. The molecule has 2 rings (SSSR count). The van der Waals surface area contributed by atoms with Crippen molar-refractivity contribution in [1.29, 1.82) is 5.26 Å². The zero-order valence-electron chi connectivity index (χ0n) is 13.4. The lowest BCUT2D eigenvalue weighted by atomic mass is 9.99. The second-order valence-corrected chi connectivity index (χ2v) is 6.92. The molecule has 0 saturated carbocycles. The molecule has 5 heteroatoms. The van der Waals surface area contributed by atoms with Gasteiger partial charge in [0.1, 0.15) is 5.76 Å². The van der Waals surface area contributed by atoms with E-state index in [1.54, 1.807) is 4.90 Å². The molecule has 1 fully saturated rings. The number of thioether (sulfide) groups is 1. The fourth-order valence-corrected chi connectivity index (χ4v) is 3.76. The maximum absolute atomic E-state index is 12.5. The highest BCUT2D eigenvalue weighted by Gasteiger charge is 2.26. The molecule has 1 saturated heterocycles. The van der Waals surface area contributed by atoms with E-state index in [0.29, 0.717) is 12.3 Å². The van der Waals surface area contributed by atoms with Crippen LogP contribution in [0.1, 0.15) is 54.5 Å². The number of piperidine rings is 1. The molecule has 0 spiro atoms. The van der Waals surface area contributed by atoms with E-state index in [1.807, 2.05) is 24.8 Å². The molecule has 120 valence electrons. The van der Waals surface area contributed by atoms with Gasteiger partial charge >= 0.3 is 0 Å². The van der Waals surface area contributed by atoms with E-state index in [9.17, 15) is 4.79 Å². The molecule has 4 nitrogen and oxygen atoms in total. The Labute approximate surface area is 136 Å². The minimum atomic E-state index is -0.0761. The smallest absolute Gasteiger partial charge is 0.289 e. The van der Waals surface area contributed by atoms with Crippen molar-refractivity contribution in [2.75, 3.05) is 18.8 Å². The van der Waals surface area contributed by atoms with Crippen LogP contribution in [0.15, 0.2) is 10.5 Å². The van der Waals surface area contributed by atoms with Crippen LogP contribution >= 0.6 is 11.8 Å². The molecule has 22 heavy (non-hydrogen) atoms. The van der Waals surface area contributed by atoms with Gasteiger partial charge in [-0.2, -0.15) is 17.0 Å². The van der Waals surface area contributed by atoms with E-state index in [4.69, 9.17) is 9.68 Å². The fraction of sp³-hybridized carbons (Fsp3) is 0.647. The van der Waals surface area contributed by atoms with Crippen LogP contribution in [-0.4, -0.2) is 29.6 Å². The average Bonchev–Trinajstić information content (AvgIpc) is 2.92. The highest BCUT2D eigenvalue weighted by Crippen LogP contribution is 2.24. The van der Waals surface area contributed by atoms with Gasteiger partial charge in [0.15, 0.2) is 5.76 Å². The van der Waals surface area contributed by atoms with Gasteiger partial charge in [0.25, 0.3) is 5.91 Å². The number of amides is 1. The lowest BCUT2D eigenvalue weighted by Crippen LogP contribution is -2.39. The Morgan fingerprint density at radius 3 is 3.14 bits per heavy atom. The Hall–Kier alpha value is -1.41. The van der Waals surface area contributed by atoms with Crippen molar-refractivity contribution < 1.29 is 9.21 Å². The molecule has 0 radical (unpaired) electrons. The van der Waals surface area contributed by atoms with Crippen LogP contribution in [0.5, 0.6) is 0 Å². The van der Waals surface area contributed by atoms with Crippen molar-refractivity contribution in [3.8, 4) is 6.07 Å². The molecule has 0 bridgehead atoms. The highest BCUT2D eigenvalue weighted by molar-refractivity contribution is 7.98. The summed E-state index contributed by atoms with van der Waals surface area (Å²) < 4.78 is 5.67. The molecule has 0 N–H and O–H groups in total. The predicted molar refractivity (Wildman–Crippen MR) is 88.8 cm³/mol. The summed E-state index contributed by atoms with van der Waals surface area (Å²) in [5.41, 5.74) is 1.11. The zero-order valence-corrected chi connectivity index (χ0v) is 14.2. The predicted octanol–water partition coefficient (Wildman–Crippen LogP) is 4.00. The summed E-state index contributed by atoms with van der Waals surface area (Å²) in [4.78, 5) is 14.3. The van der Waals surface area contributed by atoms with Crippen molar-refractivity contribution in [2.24, 2.45) is 5.92 Å². The average molecular weight is 320 g/mol. The number of carbonyl (C=O) groups excluding carboxylic acids is 1. The van der Waals surface area contributed by atoms with Crippen molar-refractivity contribution in [1.82, 2.24) is 4.90 Å². The van der Waals surface area contributed by atoms with Crippen LogP contribution in [0.3, 0.4) is 0 Å². The van der Waals surface area contributed by atoms with Crippen molar-refractivity contribution >= 4 is 17.7 Å². The lowest BCUT2D eigenvalue weighted by Gasteiger charge is -2.28. The molecular formula is C17H24N2O2S. The topological polar surface area (TPSA) is 57.2 Å². The van der Waals surface area contributed by atoms with Crippen LogP contribution in [0, 0.1) is 24.2 Å². The number of carbonyl (C=O) groups is 1. The van der Waals surface area contributed by atoms with Crippen LogP contribution < -0.4 is 0 Å². The third-order valence-corrected chi connectivity index (χ3v) is 5.11. The monoisotopic (exact) mass is 320 g/mol. The van der Waals surface area contributed by atoms with Crippen LogP contribution in [0.25, 0.3) is 0 Å². The van der Waals surface area contributed by atoms with E-state index in [0.717, 1.165) is 42.2 Å². The van der Waals surface area contributed by atoms with Gasteiger partial charge in [-0.15, -0.1) is 0 Å². The molecule has 1 unspecified atom stereocenters. The van der Waals surface area contributed by atoms with Gasteiger partial charge in [-0.1, -0.05) is 13.3 Å². The maximum Gasteiger partial charge on any atom is 0.289 e. The van der Waals surface area contributed by atoms with E-state index in [1.165, 1.54) is 12.8 Å². The number of aryl methyl sites for hydroxylation is 1. The highest BCUT2D eigenvalue weighted by atomic mass is 32.2. The Morgan fingerprint density at radius 2 is 2.41 bits per heavy atom. The Balaban J connectivity index is 1.97. The van der Waals surface area contributed by atoms with Crippen molar-refractivity contribution in [3.05, 3.63) is 23.2 Å². The minimum Gasteiger partial charge on any atom is -0.456 e. The Kier molecular flexibility index (Phi) is 6.38. The molecule has 1 aromatic heterocycles. The number of rotatable bonds is 6. The van der Waals surface area contributed by atoms with E-state index < -0.39 is 0 Å². The second kappa shape index (κ2) is 8.28. The van der Waals surface area contributed by atoms with Gasteiger partial charge < -0.3 is 9.32 Å². The number of likely N-dealkylation sites (tertiary alicyclic amines) is 1. The standard InChI is InChI=1S/C17H24N2O2S/c1-3-4-8-22-12-15-9-16(21-13(15)2)17(20)19-7-5-6-14(10-18)11-19/h9,14H,3-8,11-12H2,1-2H3. The SMILES string of the molecule is CCCCSCc1cc(C(=O)N2CCCC(C#N)C2)oc1C. The van der Waals surface area contributed by atoms with E-state index in [2.05, 4.69) is 13.0 Å². The number of hydrogen-bond donors (Lipinski definition) is 0. The molecule has 1 aromatic rings. The second-order valence-electron chi connectivity index (χ2n) is 5.82. The molecule has 0 aliphatic carbocycles. The van der Waals surface area contributed by atoms with Gasteiger partial charge in [-0.05, 0) is 38.0 Å². The third kappa shape index (κ3) is 4.30. The summed E-state index contributed by atoms with van der Waals surface area (Å²) in [6.07, 6.45) is 4.20. The van der Waals surface area contributed by atoms with Crippen LogP contribution in [-0.2, 0) is 5.75 Å². The summed E-state index contributed by atoms with van der Waals surface area (Å²) in [6.45, 7) is 5.35. The molecule has 1 aliphatic rings. The first kappa shape index (κ1) is 17.0. The number of nitrogens with zero attached hydrogens (tertiary/aromatic N) is 2. The first-order valence-corrected chi connectivity index (χ1v) is 9.17. The third-order valence-electron chi connectivity index (χ3n) is 4.02. The zero-order chi connectivity index (χ0) is 15.9. The molecule has 1 amide bonds. The fourth-order valence-electron chi connectivity index (χ4n) is 2.62. The van der Waals surface area contributed by atoms with Gasteiger partial charge in [0.2, 0.25) is 0 Å². The van der Waals surface area contributed by atoms with Crippen molar-refractivity contribution in [2.45, 2.75) is 45.3 Å². The maximum atomic E-state index is 12.5. The van der Waals surface area contributed by atoms with Gasteiger partial charge in [-0.3, -0.25) is 4.79 Å². The number of nitriles is 1. The molecule has 1 aliphatic heterocycles. The summed E-state index contributed by atoms with van der Waals surface area (Å²) in [6, 6.07) is 4.15. The normalized spacial score (nSPS) is 18.2. The van der Waals surface area contributed by atoms with Crippen LogP contribution in [0.4, 0.5) is 0 Å². The van der Waals surface area contributed by atoms with Gasteiger partial charge in [0.05, 0.1) is 12.0 Å². The van der Waals surface area contributed by atoms with Crippen molar-refractivity contribution in [3.63, 3.8) is 0 Å². The summed E-state index contributed by atoms with van der Waals surface area (Å²) >= 11 is 1.88. The Bertz CT molecular complexity index is 547. The van der Waals surface area contributed by atoms with Crippen LogP contribution in [0.2, 0.25) is 0 Å². The minimum absolute atomic E-state index is 0.0437. The first-order valence-electron chi connectivity index (χ1n) is 8.01. The number of furan rings is 1. The van der Waals surface area contributed by atoms with Gasteiger partial charge in [0, 0.05) is 24.4 Å². The molecule has 0 aromatic carbocycles. The van der Waals surface area contributed by atoms with E-state index in [-0.39, 0.29) is 11.8 Å². The number of unbranched alkanes of at least 4 members (excludes halogenated alkanes) is 1. The van der Waals surface area contributed by atoms with E-state index >= 15 is 0 Å².